The van der Waals surface area contributed by atoms with Crippen LogP contribution >= 0.6 is 0 Å². The predicted molar refractivity (Wildman–Crippen MR) is 79.3 cm³/mol. The van der Waals surface area contributed by atoms with Gasteiger partial charge in [-0.05, 0) is 36.8 Å². The fraction of sp³-hybridized carbons (Fsp3) is 0.0625. The molecule has 3 rings (SSSR count). The predicted octanol–water partition coefficient (Wildman–Crippen LogP) is 2.59. The second kappa shape index (κ2) is 4.70. The lowest BCUT2D eigenvalue weighted by molar-refractivity contribution is 0.401. The van der Waals surface area contributed by atoms with Gasteiger partial charge in [0.15, 0.2) is 17.3 Å². The van der Waals surface area contributed by atoms with Gasteiger partial charge in [0.2, 0.25) is 11.2 Å². The van der Waals surface area contributed by atoms with Gasteiger partial charge in [-0.25, -0.2) is 0 Å². The summed E-state index contributed by atoms with van der Waals surface area (Å²) < 4.78 is 5.49. The number of phenolic OH excluding ortho intramolecular Hbond substituents is 3. The molecule has 0 unspecified atom stereocenters. The lowest BCUT2D eigenvalue weighted by Gasteiger charge is -2.09. The first kappa shape index (κ1) is 13.8. The van der Waals surface area contributed by atoms with Crippen LogP contribution in [-0.2, 0) is 0 Å². The minimum Gasteiger partial charge on any atom is -0.508 e. The first-order valence-electron chi connectivity index (χ1n) is 6.40. The smallest absolute Gasteiger partial charge is 0.235 e. The van der Waals surface area contributed by atoms with Gasteiger partial charge in [-0.15, -0.1) is 0 Å². The van der Waals surface area contributed by atoms with Gasteiger partial charge in [0.1, 0.15) is 11.3 Å². The van der Waals surface area contributed by atoms with Crippen molar-refractivity contribution in [3.8, 4) is 34.3 Å². The lowest BCUT2D eigenvalue weighted by Crippen LogP contribution is -2.02. The first-order valence-corrected chi connectivity index (χ1v) is 6.40. The molecule has 2 aromatic carbocycles. The summed E-state index contributed by atoms with van der Waals surface area (Å²) in [7, 11) is 0. The quantitative estimate of drug-likeness (QED) is 0.514. The van der Waals surface area contributed by atoms with Crippen LogP contribution in [0.5, 0.6) is 23.0 Å². The number of aryl methyl sites for hydroxylation is 1. The number of aromatic hydroxyl groups is 4. The number of hydrogen-bond donors (Lipinski definition) is 4. The van der Waals surface area contributed by atoms with E-state index in [0.29, 0.717) is 5.56 Å². The molecule has 1 heterocycles. The molecule has 1 aromatic heterocycles. The van der Waals surface area contributed by atoms with Crippen molar-refractivity contribution in [2.45, 2.75) is 6.92 Å². The van der Waals surface area contributed by atoms with Crippen molar-refractivity contribution in [1.29, 1.82) is 0 Å². The Bertz CT molecular complexity index is 932. The van der Waals surface area contributed by atoms with E-state index in [-0.39, 0.29) is 33.8 Å². The van der Waals surface area contributed by atoms with Gasteiger partial charge in [-0.2, -0.15) is 0 Å². The molecule has 0 bridgehead atoms. The van der Waals surface area contributed by atoms with Crippen LogP contribution < -0.4 is 5.43 Å². The van der Waals surface area contributed by atoms with Crippen molar-refractivity contribution in [2.24, 2.45) is 0 Å². The van der Waals surface area contributed by atoms with Crippen LogP contribution in [0.4, 0.5) is 0 Å². The van der Waals surface area contributed by atoms with Gasteiger partial charge in [0, 0.05) is 11.6 Å². The topological polar surface area (TPSA) is 111 Å². The molecule has 0 amide bonds. The minimum absolute atomic E-state index is 0.0861. The van der Waals surface area contributed by atoms with E-state index in [9.17, 15) is 25.2 Å². The molecule has 0 spiro atoms. The average Bonchev–Trinajstić information content (AvgIpc) is 2.47. The van der Waals surface area contributed by atoms with E-state index in [1.807, 2.05) is 0 Å². The highest BCUT2D eigenvalue weighted by atomic mass is 16.4. The van der Waals surface area contributed by atoms with E-state index >= 15 is 0 Å². The number of rotatable bonds is 1. The Morgan fingerprint density at radius 2 is 1.68 bits per heavy atom. The van der Waals surface area contributed by atoms with Gasteiger partial charge in [-0.1, -0.05) is 0 Å². The molecule has 0 saturated carbocycles. The van der Waals surface area contributed by atoms with Gasteiger partial charge in [0.05, 0.1) is 5.39 Å². The van der Waals surface area contributed by atoms with Gasteiger partial charge in [0.25, 0.3) is 0 Å². The Morgan fingerprint density at radius 1 is 0.955 bits per heavy atom. The molecule has 0 fully saturated rings. The molecular formula is C16H12O6. The van der Waals surface area contributed by atoms with Crippen molar-refractivity contribution in [1.82, 2.24) is 0 Å². The third kappa shape index (κ3) is 2.01. The first-order chi connectivity index (χ1) is 10.4. The van der Waals surface area contributed by atoms with E-state index in [1.165, 1.54) is 30.3 Å². The molecule has 0 atom stereocenters. The van der Waals surface area contributed by atoms with E-state index in [2.05, 4.69) is 0 Å². The third-order valence-corrected chi connectivity index (χ3v) is 3.39. The molecule has 0 aliphatic carbocycles. The van der Waals surface area contributed by atoms with Crippen molar-refractivity contribution >= 4 is 11.0 Å². The SMILES string of the molecule is Cc1cc(-c2oc3cc(O)ccc3c(=O)c2O)cc(O)c1O. The van der Waals surface area contributed by atoms with Crippen LogP contribution in [0.25, 0.3) is 22.3 Å². The summed E-state index contributed by atoms with van der Waals surface area (Å²) in [5.41, 5.74) is 0.0326. The number of fused-ring (bicyclic) bond motifs is 1. The molecule has 22 heavy (non-hydrogen) atoms. The molecule has 0 aliphatic rings. The van der Waals surface area contributed by atoms with Gasteiger partial charge >= 0.3 is 0 Å². The van der Waals surface area contributed by atoms with Crippen molar-refractivity contribution in [3.05, 3.63) is 46.1 Å². The van der Waals surface area contributed by atoms with Crippen LogP contribution in [0.3, 0.4) is 0 Å². The monoisotopic (exact) mass is 300 g/mol. The lowest BCUT2D eigenvalue weighted by atomic mass is 10.1. The van der Waals surface area contributed by atoms with Crippen molar-refractivity contribution in [3.63, 3.8) is 0 Å². The van der Waals surface area contributed by atoms with Gasteiger partial charge < -0.3 is 24.8 Å². The summed E-state index contributed by atoms with van der Waals surface area (Å²) in [4.78, 5) is 12.2. The zero-order valence-electron chi connectivity index (χ0n) is 11.5. The molecule has 6 heteroatoms. The number of phenols is 3. The number of benzene rings is 2. The maximum atomic E-state index is 12.2. The maximum absolute atomic E-state index is 12.2. The van der Waals surface area contributed by atoms with Crippen LogP contribution in [0.2, 0.25) is 0 Å². The molecule has 112 valence electrons. The highest BCUT2D eigenvalue weighted by Crippen LogP contribution is 2.37. The summed E-state index contributed by atoms with van der Waals surface area (Å²) in [5.74, 6) is -1.53. The largest absolute Gasteiger partial charge is 0.508 e. The maximum Gasteiger partial charge on any atom is 0.235 e. The van der Waals surface area contributed by atoms with Crippen LogP contribution in [-0.4, -0.2) is 20.4 Å². The summed E-state index contributed by atoms with van der Waals surface area (Å²) in [6, 6.07) is 6.55. The van der Waals surface area contributed by atoms with Crippen molar-refractivity contribution in [2.75, 3.05) is 0 Å². The summed E-state index contributed by atoms with van der Waals surface area (Å²) in [5, 5.41) is 38.9. The van der Waals surface area contributed by atoms with E-state index < -0.39 is 16.9 Å². The molecule has 3 aromatic rings. The molecular weight excluding hydrogens is 288 g/mol. The second-order valence-electron chi connectivity index (χ2n) is 4.95. The Kier molecular flexibility index (Phi) is 2.95. The molecule has 6 nitrogen and oxygen atoms in total. The highest BCUT2D eigenvalue weighted by Gasteiger charge is 2.17. The van der Waals surface area contributed by atoms with Crippen molar-refractivity contribution < 1.29 is 24.8 Å². The zero-order chi connectivity index (χ0) is 16.0. The summed E-state index contributed by atoms with van der Waals surface area (Å²) in [6.45, 7) is 1.56. The molecule has 0 saturated heterocycles. The summed E-state index contributed by atoms with van der Waals surface area (Å²) in [6.07, 6.45) is 0. The second-order valence-corrected chi connectivity index (χ2v) is 4.95. The summed E-state index contributed by atoms with van der Waals surface area (Å²) >= 11 is 0. The standard InChI is InChI=1S/C16H12O6/c1-7-4-8(5-11(18)13(7)19)16-15(21)14(20)10-3-2-9(17)6-12(10)22-16/h2-6,17-19,21H,1H3. The Balaban J connectivity index is 2.36. The molecule has 0 radical (unpaired) electrons. The zero-order valence-corrected chi connectivity index (χ0v) is 11.5. The fourth-order valence-corrected chi connectivity index (χ4v) is 2.26. The van der Waals surface area contributed by atoms with E-state index in [4.69, 9.17) is 4.42 Å². The number of hydrogen-bond acceptors (Lipinski definition) is 6. The van der Waals surface area contributed by atoms with Crippen LogP contribution in [0.15, 0.2) is 39.5 Å². The van der Waals surface area contributed by atoms with Crippen LogP contribution in [0.1, 0.15) is 5.56 Å². The third-order valence-electron chi connectivity index (χ3n) is 3.39. The minimum atomic E-state index is -0.651. The Morgan fingerprint density at radius 3 is 2.36 bits per heavy atom. The van der Waals surface area contributed by atoms with Gasteiger partial charge in [-0.3, -0.25) is 4.79 Å². The Hall–Kier alpha value is -3.15. The van der Waals surface area contributed by atoms with E-state index in [1.54, 1.807) is 6.92 Å². The highest BCUT2D eigenvalue weighted by molar-refractivity contribution is 5.83. The average molecular weight is 300 g/mol. The Labute approximate surface area is 124 Å². The van der Waals surface area contributed by atoms with Crippen LogP contribution in [0, 0.1) is 6.92 Å². The fourth-order valence-electron chi connectivity index (χ4n) is 2.26. The molecule has 4 N–H and O–H groups in total. The van der Waals surface area contributed by atoms with E-state index in [0.717, 1.165) is 0 Å². The normalized spacial score (nSPS) is 11.0. The molecule has 0 aliphatic heterocycles.